The quantitative estimate of drug-likeness (QED) is 0.656. The number of likely N-dealkylation sites (N-methyl/N-ethyl adjacent to an activating group) is 1. The number of nitrogens with zero attached hydrogens (tertiary/aromatic N) is 4. The van der Waals surface area contributed by atoms with E-state index in [0.717, 1.165) is 33.5 Å². The fourth-order valence-corrected chi connectivity index (χ4v) is 2.91. The van der Waals surface area contributed by atoms with Gasteiger partial charge in [0.2, 0.25) is 0 Å². The van der Waals surface area contributed by atoms with Crippen molar-refractivity contribution in [3.05, 3.63) is 41.2 Å². The van der Waals surface area contributed by atoms with Crippen molar-refractivity contribution in [1.29, 1.82) is 0 Å². The molecule has 0 bridgehead atoms. The van der Waals surface area contributed by atoms with Crippen LogP contribution in [0.5, 0.6) is 0 Å². The van der Waals surface area contributed by atoms with Gasteiger partial charge in [0, 0.05) is 37.3 Å². The molecule has 0 atom stereocenters. The third-order valence-electron chi connectivity index (χ3n) is 4.45. The highest BCUT2D eigenvalue weighted by Gasteiger charge is 2.16. The van der Waals surface area contributed by atoms with E-state index in [1.807, 2.05) is 42.6 Å². The van der Waals surface area contributed by atoms with Crippen LogP contribution in [0.15, 0.2) is 24.3 Å². The molecular formula is C19H22N4O3. The first kappa shape index (κ1) is 17.8. The van der Waals surface area contributed by atoms with Crippen LogP contribution in [0.25, 0.3) is 16.6 Å². The largest absolute Gasteiger partial charge is 0.456 e. The number of aromatic nitrogens is 3. The Morgan fingerprint density at radius 1 is 1.19 bits per heavy atom. The van der Waals surface area contributed by atoms with Crippen molar-refractivity contribution in [3.8, 4) is 0 Å². The molecule has 136 valence electrons. The predicted octanol–water partition coefficient (Wildman–Crippen LogP) is 2.06. The Morgan fingerprint density at radius 3 is 2.65 bits per heavy atom. The summed E-state index contributed by atoms with van der Waals surface area (Å²) in [5, 5.41) is 5.62. The molecule has 1 aromatic carbocycles. The molecule has 0 N–H and O–H groups in total. The molecule has 2 aromatic heterocycles. The zero-order valence-corrected chi connectivity index (χ0v) is 15.4. The van der Waals surface area contributed by atoms with Gasteiger partial charge in [-0.3, -0.25) is 9.59 Å². The first-order chi connectivity index (χ1) is 12.4. The fraction of sp³-hybridized carbons (Fsp3) is 0.368. The van der Waals surface area contributed by atoms with Crippen molar-refractivity contribution < 1.29 is 14.3 Å². The van der Waals surface area contributed by atoms with Crippen molar-refractivity contribution in [2.75, 3.05) is 20.7 Å². The van der Waals surface area contributed by atoms with Crippen LogP contribution in [0.4, 0.5) is 0 Å². The Balaban J connectivity index is 1.79. The lowest BCUT2D eigenvalue weighted by molar-refractivity contribution is -0.151. The summed E-state index contributed by atoms with van der Waals surface area (Å²) in [7, 11) is 3.25. The zero-order valence-electron chi connectivity index (χ0n) is 15.4. The van der Waals surface area contributed by atoms with Crippen LogP contribution in [0.3, 0.4) is 0 Å². The summed E-state index contributed by atoms with van der Waals surface area (Å²) in [6.07, 6.45) is 0.683. The van der Waals surface area contributed by atoms with E-state index < -0.39 is 5.97 Å². The first-order valence-corrected chi connectivity index (χ1v) is 8.48. The van der Waals surface area contributed by atoms with Crippen LogP contribution in [-0.4, -0.2) is 52.1 Å². The lowest BCUT2D eigenvalue weighted by Gasteiger charge is -2.12. The van der Waals surface area contributed by atoms with E-state index >= 15 is 0 Å². The molecule has 0 saturated carbocycles. The number of fused-ring (bicyclic) bond motifs is 3. The Bertz CT molecular complexity index is 991. The van der Waals surface area contributed by atoms with Gasteiger partial charge in [-0.1, -0.05) is 12.1 Å². The zero-order chi connectivity index (χ0) is 18.8. The second kappa shape index (κ2) is 7.11. The molecule has 0 aliphatic heterocycles. The molecule has 3 rings (SSSR count). The van der Waals surface area contributed by atoms with Gasteiger partial charge >= 0.3 is 5.97 Å². The summed E-state index contributed by atoms with van der Waals surface area (Å²) in [6.45, 7) is 3.68. The first-order valence-electron chi connectivity index (χ1n) is 8.48. The number of carbonyl (C=O) groups is 2. The van der Waals surface area contributed by atoms with Gasteiger partial charge in [-0.15, -0.1) is 0 Å². The molecule has 7 heteroatoms. The summed E-state index contributed by atoms with van der Waals surface area (Å²) in [5.41, 5.74) is 4.51. The molecule has 2 heterocycles. The van der Waals surface area contributed by atoms with E-state index in [9.17, 15) is 9.59 Å². The van der Waals surface area contributed by atoms with E-state index in [4.69, 9.17) is 4.74 Å². The normalized spacial score (nSPS) is 11.1. The number of amides is 1. The molecule has 7 nitrogen and oxygen atoms in total. The molecule has 1 amide bonds. The van der Waals surface area contributed by atoms with Crippen LogP contribution in [0.2, 0.25) is 0 Å². The lowest BCUT2D eigenvalue weighted by atomic mass is 10.1. The van der Waals surface area contributed by atoms with Gasteiger partial charge in [0.1, 0.15) is 0 Å². The smallest absolute Gasteiger partial charge is 0.306 e. The van der Waals surface area contributed by atoms with Crippen LogP contribution in [-0.2, 0) is 20.7 Å². The summed E-state index contributed by atoms with van der Waals surface area (Å²) < 4.78 is 6.86. The highest BCUT2D eigenvalue weighted by atomic mass is 16.5. The summed E-state index contributed by atoms with van der Waals surface area (Å²) in [5.74, 6) is -0.637. The third-order valence-corrected chi connectivity index (χ3v) is 4.45. The minimum Gasteiger partial charge on any atom is -0.456 e. The molecule has 0 spiro atoms. The van der Waals surface area contributed by atoms with Gasteiger partial charge in [-0.05, 0) is 38.0 Å². The SMILES string of the molecule is Cc1nc2c3ccccc3nn2c(C)c1CCC(=O)OCC(=O)N(C)C. The van der Waals surface area contributed by atoms with Crippen LogP contribution < -0.4 is 0 Å². The van der Waals surface area contributed by atoms with E-state index in [1.165, 1.54) is 4.90 Å². The van der Waals surface area contributed by atoms with Crippen LogP contribution >= 0.6 is 0 Å². The summed E-state index contributed by atoms with van der Waals surface area (Å²) in [4.78, 5) is 29.5. The van der Waals surface area contributed by atoms with Crippen molar-refractivity contribution in [2.45, 2.75) is 26.7 Å². The standard InChI is InChI=1S/C19H22N4O3/c1-12-14(9-10-18(25)26-11-17(24)22(3)4)13(2)23-19(20-12)15-7-5-6-8-16(15)21-23/h5-8H,9-11H2,1-4H3. The molecule has 0 aliphatic carbocycles. The second-order valence-electron chi connectivity index (χ2n) is 6.46. The lowest BCUT2D eigenvalue weighted by Crippen LogP contribution is -2.27. The number of aryl methyl sites for hydroxylation is 2. The van der Waals surface area contributed by atoms with Crippen molar-refractivity contribution >= 4 is 28.4 Å². The maximum atomic E-state index is 11.9. The average molecular weight is 354 g/mol. The third kappa shape index (κ3) is 3.37. The van der Waals surface area contributed by atoms with Crippen molar-refractivity contribution in [2.24, 2.45) is 0 Å². The van der Waals surface area contributed by atoms with Crippen molar-refractivity contribution in [3.63, 3.8) is 0 Å². The average Bonchev–Trinajstić information content (AvgIpc) is 2.98. The Morgan fingerprint density at radius 2 is 1.92 bits per heavy atom. The molecular weight excluding hydrogens is 332 g/mol. The molecule has 3 aromatic rings. The molecule has 26 heavy (non-hydrogen) atoms. The van der Waals surface area contributed by atoms with E-state index in [-0.39, 0.29) is 18.9 Å². The molecule has 0 radical (unpaired) electrons. The predicted molar refractivity (Wildman–Crippen MR) is 97.9 cm³/mol. The Hall–Kier alpha value is -2.96. The minimum absolute atomic E-state index is 0.191. The maximum Gasteiger partial charge on any atom is 0.306 e. The molecule has 0 aliphatic rings. The van der Waals surface area contributed by atoms with E-state index in [1.54, 1.807) is 14.1 Å². The number of hydrogen-bond donors (Lipinski definition) is 0. The summed E-state index contributed by atoms with van der Waals surface area (Å²) in [6, 6.07) is 7.87. The van der Waals surface area contributed by atoms with Gasteiger partial charge in [-0.25, -0.2) is 9.50 Å². The van der Waals surface area contributed by atoms with Crippen molar-refractivity contribution in [1.82, 2.24) is 19.5 Å². The van der Waals surface area contributed by atoms with E-state index in [0.29, 0.717) is 6.42 Å². The highest BCUT2D eigenvalue weighted by molar-refractivity contribution is 5.92. The number of hydrogen-bond acceptors (Lipinski definition) is 5. The van der Waals surface area contributed by atoms with Crippen LogP contribution in [0, 0.1) is 13.8 Å². The maximum absolute atomic E-state index is 11.9. The highest BCUT2D eigenvalue weighted by Crippen LogP contribution is 2.22. The second-order valence-corrected chi connectivity index (χ2v) is 6.46. The number of carbonyl (C=O) groups excluding carboxylic acids is 2. The van der Waals surface area contributed by atoms with Gasteiger partial charge in [-0.2, -0.15) is 5.10 Å². The van der Waals surface area contributed by atoms with Gasteiger partial charge in [0.25, 0.3) is 5.91 Å². The minimum atomic E-state index is -0.398. The number of esters is 1. The molecule has 0 unspecified atom stereocenters. The van der Waals surface area contributed by atoms with Gasteiger partial charge < -0.3 is 9.64 Å². The number of rotatable bonds is 5. The van der Waals surface area contributed by atoms with Gasteiger partial charge in [0.15, 0.2) is 12.3 Å². The number of ether oxygens (including phenoxy) is 1. The fourth-order valence-electron chi connectivity index (χ4n) is 2.91. The molecule has 0 saturated heterocycles. The topological polar surface area (TPSA) is 76.8 Å². The van der Waals surface area contributed by atoms with Gasteiger partial charge in [0.05, 0.1) is 5.52 Å². The summed E-state index contributed by atoms with van der Waals surface area (Å²) >= 11 is 0. The Kier molecular flexibility index (Phi) is 4.88. The monoisotopic (exact) mass is 354 g/mol. The molecule has 0 fully saturated rings. The van der Waals surface area contributed by atoms with E-state index in [2.05, 4.69) is 10.1 Å². The number of benzene rings is 1. The van der Waals surface area contributed by atoms with Crippen LogP contribution in [0.1, 0.15) is 23.4 Å². The Labute approximate surface area is 151 Å².